The summed E-state index contributed by atoms with van der Waals surface area (Å²) in [5.74, 6) is 0.348. The van der Waals surface area contributed by atoms with Crippen molar-refractivity contribution in [3.63, 3.8) is 0 Å². The Morgan fingerprint density at radius 3 is 1.57 bits per heavy atom. The lowest BCUT2D eigenvalue weighted by atomic mass is 10.1. The Labute approximate surface area is 212 Å². The first-order valence-electron chi connectivity index (χ1n) is 13.3. The van der Waals surface area contributed by atoms with E-state index in [1.54, 1.807) is 0 Å². The van der Waals surface area contributed by atoms with E-state index in [4.69, 9.17) is 0 Å². The molecule has 1 heterocycles. The van der Waals surface area contributed by atoms with Crippen LogP contribution in [0.1, 0.15) is 39.0 Å². The van der Waals surface area contributed by atoms with Gasteiger partial charge in [-0.2, -0.15) is 0 Å². The van der Waals surface area contributed by atoms with Crippen LogP contribution in [0.2, 0.25) is 0 Å². The summed E-state index contributed by atoms with van der Waals surface area (Å²) in [6.45, 7) is 7.11. The van der Waals surface area contributed by atoms with Gasteiger partial charge in [0, 0.05) is 32.6 Å². The van der Waals surface area contributed by atoms with E-state index in [9.17, 15) is 4.79 Å². The molecule has 1 amide bonds. The van der Waals surface area contributed by atoms with Crippen LogP contribution in [0.3, 0.4) is 0 Å². The molecular formula is C31H40N2OP+. The normalized spacial score (nSPS) is 14.7. The Hall–Kier alpha value is -2.48. The van der Waals surface area contributed by atoms with Crippen LogP contribution in [-0.4, -0.2) is 54.6 Å². The molecule has 1 aliphatic rings. The smallest absolute Gasteiger partial charge is 0.222 e. The van der Waals surface area contributed by atoms with E-state index in [1.165, 1.54) is 28.8 Å². The second kappa shape index (κ2) is 13.0. The fourth-order valence-corrected chi connectivity index (χ4v) is 9.74. The third-order valence-corrected chi connectivity index (χ3v) is 11.9. The van der Waals surface area contributed by atoms with E-state index in [0.29, 0.717) is 12.3 Å². The molecule has 0 bridgehead atoms. The zero-order chi connectivity index (χ0) is 24.3. The maximum Gasteiger partial charge on any atom is 0.222 e. The summed E-state index contributed by atoms with van der Waals surface area (Å²) in [5.41, 5.74) is 0. The van der Waals surface area contributed by atoms with Gasteiger partial charge in [0.1, 0.15) is 23.2 Å². The number of amides is 1. The first-order valence-corrected chi connectivity index (χ1v) is 15.3. The molecule has 1 saturated heterocycles. The van der Waals surface area contributed by atoms with E-state index in [-0.39, 0.29) is 0 Å². The van der Waals surface area contributed by atoms with Gasteiger partial charge in [0.15, 0.2) is 0 Å². The molecule has 3 nitrogen and oxygen atoms in total. The van der Waals surface area contributed by atoms with Crippen LogP contribution in [0.5, 0.6) is 0 Å². The van der Waals surface area contributed by atoms with E-state index in [1.807, 2.05) is 0 Å². The highest BCUT2D eigenvalue weighted by Gasteiger charge is 2.44. The lowest BCUT2D eigenvalue weighted by Gasteiger charge is -2.34. The lowest BCUT2D eigenvalue weighted by molar-refractivity contribution is -0.133. The topological polar surface area (TPSA) is 23.6 Å². The summed E-state index contributed by atoms with van der Waals surface area (Å²) in [4.78, 5) is 17.1. The van der Waals surface area contributed by atoms with Crippen molar-refractivity contribution in [2.75, 3.05) is 38.9 Å². The molecule has 0 atom stereocenters. The Bertz CT molecular complexity index is 921. The largest absolute Gasteiger partial charge is 0.340 e. The maximum atomic E-state index is 12.7. The van der Waals surface area contributed by atoms with Crippen LogP contribution < -0.4 is 15.9 Å². The number of piperazine rings is 1. The van der Waals surface area contributed by atoms with E-state index in [2.05, 4.69) is 108 Å². The summed E-state index contributed by atoms with van der Waals surface area (Å²) in [5, 5.41) is 4.37. The lowest BCUT2D eigenvalue weighted by Crippen LogP contribution is -2.48. The third kappa shape index (κ3) is 6.40. The van der Waals surface area contributed by atoms with Crippen molar-refractivity contribution in [1.29, 1.82) is 0 Å². The average molecular weight is 488 g/mol. The first kappa shape index (κ1) is 25.6. The van der Waals surface area contributed by atoms with Crippen LogP contribution in [-0.2, 0) is 4.79 Å². The molecule has 0 aromatic heterocycles. The minimum atomic E-state index is -1.73. The standard InChI is InChI=1S/C31H40N2OP/c1-2-32-23-25-33(26-24-32)31(34)22-14-3-4-15-27-35(28-16-8-5-9-17-28,29-18-10-6-11-19-29)30-20-12-7-13-21-30/h5-13,16-21H,2-4,14-15,22-27H2,1H3/q+1. The molecule has 0 aliphatic carbocycles. The van der Waals surface area contributed by atoms with Gasteiger partial charge >= 0.3 is 0 Å². The highest BCUT2D eigenvalue weighted by Crippen LogP contribution is 2.55. The Morgan fingerprint density at radius 2 is 1.11 bits per heavy atom. The van der Waals surface area contributed by atoms with Crippen molar-refractivity contribution >= 4 is 29.1 Å². The molecular weight excluding hydrogens is 447 g/mol. The van der Waals surface area contributed by atoms with Crippen LogP contribution >= 0.6 is 7.26 Å². The predicted octanol–water partition coefficient (Wildman–Crippen LogP) is 5.10. The SMILES string of the molecule is CCN1CCN(C(=O)CCCCCC[P+](c2ccccc2)(c2ccccc2)c2ccccc2)CC1. The quantitative estimate of drug-likeness (QED) is 0.278. The second-order valence-corrected chi connectivity index (χ2v) is 13.1. The molecule has 1 fully saturated rings. The average Bonchev–Trinajstić information content (AvgIpc) is 2.94. The minimum absolute atomic E-state index is 0.348. The summed E-state index contributed by atoms with van der Waals surface area (Å²) in [7, 11) is -1.73. The predicted molar refractivity (Wildman–Crippen MR) is 152 cm³/mol. The minimum Gasteiger partial charge on any atom is -0.340 e. The zero-order valence-corrected chi connectivity index (χ0v) is 22.1. The molecule has 4 heteroatoms. The molecule has 4 rings (SSSR count). The number of rotatable bonds is 11. The molecule has 0 saturated carbocycles. The van der Waals surface area contributed by atoms with Crippen molar-refractivity contribution in [3.05, 3.63) is 91.0 Å². The molecule has 0 radical (unpaired) electrons. The molecule has 3 aromatic rings. The molecule has 184 valence electrons. The van der Waals surface area contributed by atoms with Crippen molar-refractivity contribution < 1.29 is 4.79 Å². The molecule has 0 spiro atoms. The number of carbonyl (C=O) groups excluding carboxylic acids is 1. The van der Waals surface area contributed by atoms with Crippen LogP contribution in [0, 0.1) is 0 Å². The Morgan fingerprint density at radius 1 is 0.657 bits per heavy atom. The van der Waals surface area contributed by atoms with Crippen LogP contribution in [0.15, 0.2) is 91.0 Å². The van der Waals surface area contributed by atoms with Crippen molar-refractivity contribution in [2.24, 2.45) is 0 Å². The molecule has 1 aliphatic heterocycles. The number of nitrogens with zero attached hydrogens (tertiary/aromatic N) is 2. The molecule has 0 unspecified atom stereocenters. The van der Waals surface area contributed by atoms with Gasteiger partial charge in [-0.3, -0.25) is 4.79 Å². The number of benzene rings is 3. The highest BCUT2D eigenvalue weighted by atomic mass is 31.2. The maximum absolute atomic E-state index is 12.7. The van der Waals surface area contributed by atoms with Crippen molar-refractivity contribution in [2.45, 2.75) is 39.0 Å². The summed E-state index contributed by atoms with van der Waals surface area (Å²) in [6, 6.07) is 33.4. The van der Waals surface area contributed by atoms with E-state index >= 15 is 0 Å². The summed E-state index contributed by atoms with van der Waals surface area (Å²) >= 11 is 0. The van der Waals surface area contributed by atoms with Gasteiger partial charge in [-0.25, -0.2) is 0 Å². The van der Waals surface area contributed by atoms with Crippen LogP contribution in [0.4, 0.5) is 0 Å². The zero-order valence-electron chi connectivity index (χ0n) is 21.2. The number of unbranched alkanes of at least 4 members (excludes halogenated alkanes) is 3. The van der Waals surface area contributed by atoms with E-state index < -0.39 is 7.26 Å². The van der Waals surface area contributed by atoms with Gasteiger partial charge in [0.05, 0.1) is 6.16 Å². The number of hydrogen-bond acceptors (Lipinski definition) is 2. The van der Waals surface area contributed by atoms with Gasteiger partial charge in [0.25, 0.3) is 0 Å². The van der Waals surface area contributed by atoms with Crippen LogP contribution in [0.25, 0.3) is 0 Å². The first-order chi connectivity index (χ1) is 17.2. The third-order valence-electron chi connectivity index (χ3n) is 7.40. The highest BCUT2D eigenvalue weighted by molar-refractivity contribution is 7.95. The Kier molecular flexibility index (Phi) is 9.51. The summed E-state index contributed by atoms with van der Waals surface area (Å²) < 4.78 is 0. The van der Waals surface area contributed by atoms with Crippen molar-refractivity contribution in [1.82, 2.24) is 9.80 Å². The second-order valence-electron chi connectivity index (χ2n) is 9.52. The number of hydrogen-bond donors (Lipinski definition) is 0. The number of likely N-dealkylation sites (N-methyl/N-ethyl adjacent to an activating group) is 1. The fourth-order valence-electron chi connectivity index (χ4n) is 5.33. The number of carbonyl (C=O) groups is 1. The van der Waals surface area contributed by atoms with Gasteiger partial charge in [0.2, 0.25) is 5.91 Å². The van der Waals surface area contributed by atoms with Gasteiger partial charge in [-0.1, -0.05) is 67.9 Å². The molecule has 0 N–H and O–H groups in total. The molecule has 3 aromatic carbocycles. The monoisotopic (exact) mass is 487 g/mol. The summed E-state index contributed by atoms with van der Waals surface area (Å²) in [6.07, 6.45) is 6.33. The van der Waals surface area contributed by atoms with E-state index in [0.717, 1.165) is 51.7 Å². The van der Waals surface area contributed by atoms with Gasteiger partial charge in [-0.15, -0.1) is 0 Å². The van der Waals surface area contributed by atoms with Gasteiger partial charge < -0.3 is 9.80 Å². The molecule has 35 heavy (non-hydrogen) atoms. The Balaban J connectivity index is 1.39. The van der Waals surface area contributed by atoms with Crippen molar-refractivity contribution in [3.8, 4) is 0 Å². The fraction of sp³-hybridized carbons (Fsp3) is 0.387. The van der Waals surface area contributed by atoms with Gasteiger partial charge in [-0.05, 0) is 62.2 Å².